The van der Waals surface area contributed by atoms with Gasteiger partial charge in [0.25, 0.3) is 5.91 Å². The molecule has 2 amide bonds. The number of aryl methyl sites for hydroxylation is 1. The Balaban J connectivity index is 1.49. The first kappa shape index (κ1) is 27.8. The number of primary amides is 1. The number of nitrogens with two attached hydrogens (primary N) is 1. The molecular weight excluding hydrogens is 543 g/mol. The van der Waals surface area contributed by atoms with E-state index in [1.807, 2.05) is 0 Å². The molecular formula is C22H25FN6O9S. The number of aromatic nitrogens is 1. The van der Waals surface area contributed by atoms with Crippen molar-refractivity contribution in [3.63, 3.8) is 0 Å². The van der Waals surface area contributed by atoms with Gasteiger partial charge >= 0.3 is 22.4 Å². The van der Waals surface area contributed by atoms with Crippen LogP contribution in [-0.2, 0) is 26.4 Å². The van der Waals surface area contributed by atoms with E-state index in [0.29, 0.717) is 38.2 Å². The number of pyridine rings is 1. The second-order valence-electron chi connectivity index (χ2n) is 8.83. The van der Waals surface area contributed by atoms with E-state index >= 15 is 4.39 Å². The third-order valence-corrected chi connectivity index (χ3v) is 7.49. The van der Waals surface area contributed by atoms with Crippen LogP contribution in [0, 0.1) is 5.82 Å². The summed E-state index contributed by atoms with van der Waals surface area (Å²) in [7, 11) is -4.89. The van der Waals surface area contributed by atoms with Gasteiger partial charge in [-0.1, -0.05) is 0 Å². The van der Waals surface area contributed by atoms with Crippen molar-refractivity contribution in [2.24, 2.45) is 10.7 Å². The number of piperazine rings is 1. The number of carbonyl (C=O) groups is 3. The van der Waals surface area contributed by atoms with E-state index in [2.05, 4.69) is 9.73 Å². The topological polar surface area (TPSA) is 205 Å². The maximum absolute atomic E-state index is 15.1. The lowest BCUT2D eigenvalue weighted by atomic mass is 10.0. The van der Waals surface area contributed by atoms with Crippen LogP contribution in [0.25, 0.3) is 10.9 Å². The Morgan fingerprint density at radius 2 is 1.90 bits per heavy atom. The highest BCUT2D eigenvalue weighted by Gasteiger charge is 2.54. The number of hydrogen-bond donors (Lipinski definition) is 3. The minimum Gasteiger partial charge on any atom is -0.477 e. The smallest absolute Gasteiger partial charge is 0.404 e. The number of halogens is 1. The molecule has 2 aliphatic heterocycles. The predicted octanol–water partition coefficient (Wildman–Crippen LogP) is -0.513. The van der Waals surface area contributed by atoms with Crippen molar-refractivity contribution in [3.8, 4) is 0 Å². The molecule has 2 aromatic rings. The van der Waals surface area contributed by atoms with E-state index in [-0.39, 0.29) is 15.4 Å². The number of benzene rings is 1. The molecule has 0 aliphatic carbocycles. The number of β-lactam (4-membered cyclic amide) rings is 1. The Morgan fingerprint density at radius 3 is 2.46 bits per heavy atom. The van der Waals surface area contributed by atoms with Gasteiger partial charge in [0.2, 0.25) is 5.43 Å². The number of aliphatic imine (C=N–C) groups is 1. The van der Waals surface area contributed by atoms with E-state index in [4.69, 9.17) is 5.73 Å². The molecule has 39 heavy (non-hydrogen) atoms. The van der Waals surface area contributed by atoms with Gasteiger partial charge in [-0.25, -0.2) is 18.3 Å². The third-order valence-electron chi connectivity index (χ3n) is 6.55. The molecule has 17 heteroatoms. The molecule has 2 atom stereocenters. The number of hydrogen-bond acceptors (Lipinski definition) is 9. The normalized spacial score (nSPS) is 20.0. The molecule has 1 aromatic carbocycles. The average molecular weight is 569 g/mol. The van der Waals surface area contributed by atoms with Gasteiger partial charge in [-0.3, -0.25) is 19.1 Å². The van der Waals surface area contributed by atoms with Crippen LogP contribution in [-0.4, -0.2) is 101 Å². The lowest BCUT2D eigenvalue weighted by Crippen LogP contribution is -2.67. The maximum Gasteiger partial charge on any atom is 0.404 e. The molecule has 1 aromatic heterocycles. The number of carboxylic acid groups (broad SMARTS) is 1. The van der Waals surface area contributed by atoms with Crippen molar-refractivity contribution >= 4 is 51.2 Å². The first-order valence-electron chi connectivity index (χ1n) is 11.7. The van der Waals surface area contributed by atoms with E-state index < -0.39 is 63.8 Å². The fraction of sp³-hybridized carbons (Fsp3) is 0.409. The Morgan fingerprint density at radius 1 is 1.23 bits per heavy atom. The van der Waals surface area contributed by atoms with Crippen molar-refractivity contribution in [2.75, 3.05) is 37.7 Å². The standard InChI is InChI=1S/C22H25FN6O9S/c1-2-27-9-13(21(32)33)19(30)12-7-14(23)16(8-15(12)27)28-5-3-26(4-6-28)11-25-18-17(10-38-22(24)34)29(20(18)31)39(35,36)37/h7-9,11,17-18H,2-6,10H2,1H3,(H2,24,34)(H,32,33)(H,35,36,37). The second-order valence-corrected chi connectivity index (χ2v) is 10.1. The van der Waals surface area contributed by atoms with Gasteiger partial charge in [0.1, 0.15) is 24.0 Å². The largest absolute Gasteiger partial charge is 0.477 e. The summed E-state index contributed by atoms with van der Waals surface area (Å²) in [6.45, 7) is 2.85. The van der Waals surface area contributed by atoms with Crippen LogP contribution in [0.15, 0.2) is 28.1 Å². The monoisotopic (exact) mass is 568 g/mol. The van der Waals surface area contributed by atoms with Crippen LogP contribution in [0.4, 0.5) is 14.9 Å². The van der Waals surface area contributed by atoms with Crippen LogP contribution in [0.1, 0.15) is 17.3 Å². The minimum absolute atomic E-state index is 0.0391. The first-order chi connectivity index (χ1) is 18.3. The highest BCUT2D eigenvalue weighted by Crippen LogP contribution is 2.28. The molecule has 2 aliphatic rings. The summed E-state index contributed by atoms with van der Waals surface area (Å²) in [6, 6.07) is 0.0491. The summed E-state index contributed by atoms with van der Waals surface area (Å²) in [4.78, 5) is 54.7. The molecule has 0 spiro atoms. The van der Waals surface area contributed by atoms with Gasteiger partial charge in [-0.2, -0.15) is 8.42 Å². The zero-order chi connectivity index (χ0) is 28.6. The van der Waals surface area contributed by atoms with Crippen molar-refractivity contribution in [2.45, 2.75) is 25.6 Å². The molecule has 0 saturated carbocycles. The molecule has 3 heterocycles. The maximum atomic E-state index is 15.1. The molecule has 2 saturated heterocycles. The van der Waals surface area contributed by atoms with E-state index in [9.17, 15) is 37.3 Å². The second kappa shape index (κ2) is 10.5. The van der Waals surface area contributed by atoms with Gasteiger partial charge in [-0.05, 0) is 19.1 Å². The van der Waals surface area contributed by atoms with Gasteiger partial charge < -0.3 is 29.9 Å². The van der Waals surface area contributed by atoms with Crippen LogP contribution >= 0.6 is 0 Å². The molecule has 2 fully saturated rings. The number of nitrogens with zero attached hydrogens (tertiary/aromatic N) is 5. The van der Waals surface area contributed by atoms with E-state index in [0.717, 1.165) is 6.07 Å². The lowest BCUT2D eigenvalue weighted by molar-refractivity contribution is -0.142. The van der Waals surface area contributed by atoms with Gasteiger partial charge in [-0.15, -0.1) is 0 Å². The highest BCUT2D eigenvalue weighted by atomic mass is 32.2. The summed E-state index contributed by atoms with van der Waals surface area (Å²) in [5.41, 5.74) is 4.30. The molecule has 4 N–H and O–H groups in total. The number of rotatable bonds is 8. The average Bonchev–Trinajstić information content (AvgIpc) is 2.86. The fourth-order valence-electron chi connectivity index (χ4n) is 4.58. The molecule has 15 nitrogen and oxygen atoms in total. The molecule has 2 unspecified atom stereocenters. The van der Waals surface area contributed by atoms with Gasteiger partial charge in [0.05, 0.1) is 17.5 Å². The molecule has 4 rings (SSSR count). The van der Waals surface area contributed by atoms with Gasteiger partial charge in [0.15, 0.2) is 6.04 Å². The SMILES string of the molecule is CCn1cc(C(=O)O)c(=O)c2cc(F)c(N3CCN(C=NC4C(=O)N(S(=O)(=O)O)C4COC(N)=O)CC3)cc21. The zero-order valence-electron chi connectivity index (χ0n) is 20.6. The number of fused-ring (bicyclic) bond motifs is 1. The summed E-state index contributed by atoms with van der Waals surface area (Å²) in [5.74, 6) is -3.08. The quantitative estimate of drug-likeness (QED) is 0.160. The van der Waals surface area contributed by atoms with Crippen LogP contribution in [0.3, 0.4) is 0 Å². The number of aromatic carboxylic acids is 1. The van der Waals surface area contributed by atoms with Crippen molar-refractivity contribution in [1.82, 2.24) is 13.8 Å². The minimum atomic E-state index is -4.89. The number of anilines is 1. The van der Waals surface area contributed by atoms with Crippen molar-refractivity contribution < 1.29 is 41.6 Å². The highest BCUT2D eigenvalue weighted by molar-refractivity contribution is 7.84. The predicted molar refractivity (Wildman–Crippen MR) is 135 cm³/mol. The Hall–Kier alpha value is -4.25. The fourth-order valence-corrected chi connectivity index (χ4v) is 5.43. The Labute approximate surface area is 220 Å². The number of carbonyl (C=O) groups excluding carboxylic acids is 2. The van der Waals surface area contributed by atoms with Crippen molar-refractivity contribution in [1.29, 1.82) is 0 Å². The summed E-state index contributed by atoms with van der Waals surface area (Å²) in [6.07, 6.45) is 1.37. The van der Waals surface area contributed by atoms with Crippen LogP contribution in [0.5, 0.6) is 0 Å². The molecule has 210 valence electrons. The first-order valence-corrected chi connectivity index (χ1v) is 13.1. The summed E-state index contributed by atoms with van der Waals surface area (Å²) < 4.78 is 53.6. The molecule has 0 radical (unpaired) electrons. The Bertz CT molecular complexity index is 1530. The van der Waals surface area contributed by atoms with E-state index in [1.165, 1.54) is 18.6 Å². The number of amides is 2. The Kier molecular flexibility index (Phi) is 7.47. The summed E-state index contributed by atoms with van der Waals surface area (Å²) in [5, 5.41) is 9.27. The summed E-state index contributed by atoms with van der Waals surface area (Å²) >= 11 is 0. The number of carboxylic acids is 1. The molecule has 0 bridgehead atoms. The van der Waals surface area contributed by atoms with Crippen molar-refractivity contribution in [3.05, 3.63) is 39.9 Å². The zero-order valence-corrected chi connectivity index (χ0v) is 21.4. The van der Waals surface area contributed by atoms with Gasteiger partial charge in [0, 0.05) is 44.3 Å². The van der Waals surface area contributed by atoms with Crippen LogP contribution < -0.4 is 16.1 Å². The number of ether oxygens (including phenoxy) is 1. The van der Waals surface area contributed by atoms with Crippen LogP contribution in [0.2, 0.25) is 0 Å². The lowest BCUT2D eigenvalue weighted by Gasteiger charge is -2.41. The van der Waals surface area contributed by atoms with E-state index in [1.54, 1.807) is 21.3 Å². The third kappa shape index (κ3) is 5.35.